The van der Waals surface area contributed by atoms with Crippen LogP contribution >= 0.6 is 0 Å². The molecule has 0 bridgehead atoms. The highest BCUT2D eigenvalue weighted by Crippen LogP contribution is 2.28. The number of piperidine rings is 1. The summed E-state index contributed by atoms with van der Waals surface area (Å²) >= 11 is 0. The molecule has 3 unspecified atom stereocenters. The number of nitrogens with zero attached hydrogens (tertiary/aromatic N) is 1. The molecule has 3 aliphatic rings. The van der Waals surface area contributed by atoms with E-state index in [2.05, 4.69) is 15.5 Å². The first kappa shape index (κ1) is 12.4. The van der Waals surface area contributed by atoms with Crippen molar-refractivity contribution in [3.8, 4) is 0 Å². The van der Waals surface area contributed by atoms with Gasteiger partial charge in [0.25, 0.3) is 0 Å². The molecule has 0 aromatic heterocycles. The Morgan fingerprint density at radius 3 is 3.00 bits per heavy atom. The summed E-state index contributed by atoms with van der Waals surface area (Å²) in [4.78, 5) is 14.2. The zero-order valence-electron chi connectivity index (χ0n) is 11.2. The Hall–Kier alpha value is -0.610. The fraction of sp³-hybridized carbons (Fsp3) is 0.929. The van der Waals surface area contributed by atoms with Crippen LogP contribution in [0.2, 0.25) is 0 Å². The van der Waals surface area contributed by atoms with Crippen molar-refractivity contribution in [1.29, 1.82) is 0 Å². The van der Waals surface area contributed by atoms with Crippen molar-refractivity contribution < 1.29 is 4.79 Å². The van der Waals surface area contributed by atoms with E-state index < -0.39 is 0 Å². The van der Waals surface area contributed by atoms with Gasteiger partial charge in [-0.1, -0.05) is 6.42 Å². The van der Waals surface area contributed by atoms with Crippen LogP contribution in [-0.4, -0.2) is 48.6 Å². The second-order valence-corrected chi connectivity index (χ2v) is 6.05. The average molecular weight is 251 g/mol. The highest BCUT2D eigenvalue weighted by atomic mass is 16.1. The Kier molecular flexibility index (Phi) is 3.85. The first-order valence-corrected chi connectivity index (χ1v) is 7.60. The average Bonchev–Trinajstić information content (AvgIpc) is 2.66. The van der Waals surface area contributed by atoms with Gasteiger partial charge >= 0.3 is 0 Å². The molecule has 4 heteroatoms. The number of rotatable bonds is 2. The van der Waals surface area contributed by atoms with E-state index in [1.807, 2.05) is 0 Å². The quantitative estimate of drug-likeness (QED) is 0.765. The summed E-state index contributed by atoms with van der Waals surface area (Å²) < 4.78 is 0. The van der Waals surface area contributed by atoms with E-state index in [0.29, 0.717) is 18.5 Å². The lowest BCUT2D eigenvalue weighted by atomic mass is 9.97. The molecule has 0 spiro atoms. The van der Waals surface area contributed by atoms with Crippen LogP contribution in [0.4, 0.5) is 0 Å². The van der Waals surface area contributed by atoms with Crippen molar-refractivity contribution in [2.75, 3.05) is 19.6 Å². The number of nitrogens with one attached hydrogen (secondary N) is 2. The molecule has 102 valence electrons. The van der Waals surface area contributed by atoms with E-state index >= 15 is 0 Å². The Morgan fingerprint density at radius 2 is 2.06 bits per heavy atom. The first-order valence-electron chi connectivity index (χ1n) is 7.60. The van der Waals surface area contributed by atoms with Crippen LogP contribution < -0.4 is 10.6 Å². The third kappa shape index (κ3) is 2.69. The number of hydrogen-bond donors (Lipinski definition) is 2. The maximum atomic E-state index is 11.6. The van der Waals surface area contributed by atoms with Crippen LogP contribution in [0.15, 0.2) is 0 Å². The molecular formula is C14H25N3O. The monoisotopic (exact) mass is 251 g/mol. The summed E-state index contributed by atoms with van der Waals surface area (Å²) in [6.45, 7) is 3.40. The summed E-state index contributed by atoms with van der Waals surface area (Å²) in [5.41, 5.74) is 0. The fourth-order valence-corrected chi connectivity index (χ4v) is 3.86. The molecule has 0 aliphatic carbocycles. The van der Waals surface area contributed by atoms with Gasteiger partial charge in [0.2, 0.25) is 5.91 Å². The molecule has 0 aromatic carbocycles. The summed E-state index contributed by atoms with van der Waals surface area (Å²) in [6, 6.07) is 1.77. The molecule has 0 radical (unpaired) electrons. The third-order valence-electron chi connectivity index (χ3n) is 4.79. The van der Waals surface area contributed by atoms with Gasteiger partial charge in [0.15, 0.2) is 0 Å². The van der Waals surface area contributed by atoms with Gasteiger partial charge in [-0.15, -0.1) is 0 Å². The normalized spacial score (nSPS) is 38.0. The molecule has 0 aromatic rings. The number of amides is 1. The minimum absolute atomic E-state index is 0.225. The van der Waals surface area contributed by atoms with Crippen LogP contribution in [0.25, 0.3) is 0 Å². The molecule has 1 amide bonds. The maximum absolute atomic E-state index is 11.6. The third-order valence-corrected chi connectivity index (χ3v) is 4.79. The van der Waals surface area contributed by atoms with Crippen LogP contribution in [0, 0.1) is 0 Å². The Labute approximate surface area is 109 Å². The largest absolute Gasteiger partial charge is 0.356 e. The second kappa shape index (κ2) is 5.57. The van der Waals surface area contributed by atoms with E-state index in [0.717, 1.165) is 25.4 Å². The van der Waals surface area contributed by atoms with Crippen molar-refractivity contribution in [2.24, 2.45) is 0 Å². The molecule has 3 aliphatic heterocycles. The van der Waals surface area contributed by atoms with Gasteiger partial charge in [-0.3, -0.25) is 9.69 Å². The fourth-order valence-electron chi connectivity index (χ4n) is 3.86. The van der Waals surface area contributed by atoms with Gasteiger partial charge in [0.05, 0.1) is 0 Å². The minimum atomic E-state index is 0.225. The number of fused-ring (bicyclic) bond motifs is 1. The standard InChI is InChI=1S/C14H25N3O/c18-14-10-11(4-3-7-15-14)16-12-6-9-17-8-2-1-5-13(12)17/h11-13,16H,1-10H2,(H,15,18). The van der Waals surface area contributed by atoms with Gasteiger partial charge in [0, 0.05) is 37.6 Å². The van der Waals surface area contributed by atoms with Crippen molar-refractivity contribution in [1.82, 2.24) is 15.5 Å². The van der Waals surface area contributed by atoms with Gasteiger partial charge < -0.3 is 10.6 Å². The molecular weight excluding hydrogens is 226 g/mol. The Balaban J connectivity index is 1.56. The predicted octanol–water partition coefficient (Wildman–Crippen LogP) is 0.872. The van der Waals surface area contributed by atoms with Crippen LogP contribution in [0.5, 0.6) is 0 Å². The topological polar surface area (TPSA) is 44.4 Å². The maximum Gasteiger partial charge on any atom is 0.221 e. The molecule has 3 fully saturated rings. The van der Waals surface area contributed by atoms with Crippen molar-refractivity contribution >= 4 is 5.91 Å². The number of carbonyl (C=O) groups is 1. The van der Waals surface area contributed by atoms with Crippen LogP contribution in [0.3, 0.4) is 0 Å². The van der Waals surface area contributed by atoms with Crippen molar-refractivity contribution in [3.05, 3.63) is 0 Å². The van der Waals surface area contributed by atoms with E-state index in [1.165, 1.54) is 38.8 Å². The zero-order valence-corrected chi connectivity index (χ0v) is 11.2. The molecule has 3 saturated heterocycles. The van der Waals surface area contributed by atoms with Crippen LogP contribution in [0.1, 0.15) is 44.9 Å². The highest BCUT2D eigenvalue weighted by molar-refractivity contribution is 5.76. The smallest absolute Gasteiger partial charge is 0.221 e. The van der Waals surface area contributed by atoms with E-state index in [-0.39, 0.29) is 5.91 Å². The molecule has 3 heterocycles. The number of carbonyl (C=O) groups excluding carboxylic acids is 1. The lowest BCUT2D eigenvalue weighted by Gasteiger charge is -2.34. The van der Waals surface area contributed by atoms with Crippen LogP contribution in [-0.2, 0) is 4.79 Å². The summed E-state index contributed by atoms with van der Waals surface area (Å²) in [5, 5.41) is 6.75. The summed E-state index contributed by atoms with van der Waals surface area (Å²) in [6.07, 6.45) is 8.29. The highest BCUT2D eigenvalue weighted by Gasteiger charge is 2.36. The SMILES string of the molecule is O=C1CC(NC2CCN3CCCCC23)CCCN1. The van der Waals surface area contributed by atoms with E-state index in [4.69, 9.17) is 0 Å². The number of hydrogen-bond acceptors (Lipinski definition) is 3. The minimum Gasteiger partial charge on any atom is -0.356 e. The summed E-state index contributed by atoms with van der Waals surface area (Å²) in [5.74, 6) is 0.225. The molecule has 4 nitrogen and oxygen atoms in total. The second-order valence-electron chi connectivity index (χ2n) is 6.05. The Morgan fingerprint density at radius 1 is 1.11 bits per heavy atom. The lowest BCUT2D eigenvalue weighted by Crippen LogP contribution is -2.48. The van der Waals surface area contributed by atoms with Gasteiger partial charge in [-0.25, -0.2) is 0 Å². The summed E-state index contributed by atoms with van der Waals surface area (Å²) in [7, 11) is 0. The Bertz CT molecular complexity index is 307. The molecule has 3 atom stereocenters. The van der Waals surface area contributed by atoms with E-state index in [1.54, 1.807) is 0 Å². The van der Waals surface area contributed by atoms with Gasteiger partial charge in [-0.05, 0) is 38.6 Å². The van der Waals surface area contributed by atoms with Crippen molar-refractivity contribution in [2.45, 2.75) is 63.1 Å². The molecule has 2 N–H and O–H groups in total. The van der Waals surface area contributed by atoms with Gasteiger partial charge in [-0.2, -0.15) is 0 Å². The lowest BCUT2D eigenvalue weighted by molar-refractivity contribution is -0.121. The van der Waals surface area contributed by atoms with Gasteiger partial charge in [0.1, 0.15) is 0 Å². The zero-order chi connectivity index (χ0) is 12.4. The molecule has 3 rings (SSSR count). The predicted molar refractivity (Wildman–Crippen MR) is 71.4 cm³/mol. The molecule has 18 heavy (non-hydrogen) atoms. The first-order chi connectivity index (χ1) is 8.83. The molecule has 0 saturated carbocycles. The van der Waals surface area contributed by atoms with E-state index in [9.17, 15) is 4.79 Å². The van der Waals surface area contributed by atoms with Crippen molar-refractivity contribution in [3.63, 3.8) is 0 Å².